The smallest absolute Gasteiger partial charge is 0.280 e. The van der Waals surface area contributed by atoms with Gasteiger partial charge in [-0.3, -0.25) is 4.57 Å². The van der Waals surface area contributed by atoms with E-state index in [4.69, 9.17) is 4.74 Å². The van der Waals surface area contributed by atoms with Gasteiger partial charge < -0.3 is 9.41 Å². The molecule has 1 atom stereocenters. The number of nitrogens with zero attached hydrogens (tertiary/aromatic N) is 2. The zero-order chi connectivity index (χ0) is 18.2. The van der Waals surface area contributed by atoms with Gasteiger partial charge in [0.15, 0.2) is 0 Å². The summed E-state index contributed by atoms with van der Waals surface area (Å²) in [5, 5.41) is 0. The van der Waals surface area contributed by atoms with Crippen molar-refractivity contribution in [2.24, 2.45) is 10.9 Å². The summed E-state index contributed by atoms with van der Waals surface area (Å²) >= 11 is 3.11. The van der Waals surface area contributed by atoms with Crippen LogP contribution in [0, 0.1) is 12.8 Å². The minimum atomic E-state index is -2.56. The van der Waals surface area contributed by atoms with Crippen LogP contribution in [-0.4, -0.2) is 36.7 Å². The van der Waals surface area contributed by atoms with Gasteiger partial charge in [0, 0.05) is 18.6 Å². The highest BCUT2D eigenvalue weighted by molar-refractivity contribution is 8.90. The summed E-state index contributed by atoms with van der Waals surface area (Å²) < 4.78 is 20.3. The Morgan fingerprint density at radius 1 is 1.38 bits per heavy atom. The van der Waals surface area contributed by atoms with Crippen LogP contribution in [0.5, 0.6) is 5.75 Å². The first-order chi connectivity index (χ1) is 11.3. The van der Waals surface area contributed by atoms with Crippen LogP contribution < -0.4 is 4.74 Å². The maximum Gasteiger partial charge on any atom is 0.280 e. The molecule has 1 rings (SSSR count). The van der Waals surface area contributed by atoms with Gasteiger partial charge in [-0.1, -0.05) is 43.5 Å². The molecule has 1 aromatic carbocycles. The Bertz CT molecular complexity index is 594. The summed E-state index contributed by atoms with van der Waals surface area (Å²) in [5.41, 5.74) is -0.659. The maximum absolute atomic E-state index is 13.3. The molecule has 0 radical (unpaired) electrons. The fourth-order valence-corrected chi connectivity index (χ4v) is 9.45. The molecule has 0 bridgehead atoms. The van der Waals surface area contributed by atoms with E-state index in [0.717, 1.165) is 34.9 Å². The molecule has 136 valence electrons. The SMILES string of the molecule is CCCSP(=O)(SCC(C)C)N(C)C=Nc1ccc(OC)cc1C. The van der Waals surface area contributed by atoms with Crippen molar-refractivity contribution in [2.75, 3.05) is 25.7 Å². The van der Waals surface area contributed by atoms with Crippen LogP contribution in [0.3, 0.4) is 0 Å². The average molecular weight is 389 g/mol. The molecule has 7 heteroatoms. The molecule has 0 spiro atoms. The van der Waals surface area contributed by atoms with Gasteiger partial charge in [-0.15, -0.1) is 0 Å². The maximum atomic E-state index is 13.3. The van der Waals surface area contributed by atoms with Crippen LogP contribution in [0.1, 0.15) is 32.8 Å². The number of rotatable bonds is 10. The Kier molecular flexibility index (Phi) is 9.32. The molecule has 0 aliphatic carbocycles. The minimum Gasteiger partial charge on any atom is -0.497 e. The van der Waals surface area contributed by atoms with Gasteiger partial charge in [-0.25, -0.2) is 4.99 Å². The van der Waals surface area contributed by atoms with Crippen molar-refractivity contribution in [3.63, 3.8) is 0 Å². The van der Waals surface area contributed by atoms with Crippen LogP contribution in [0.2, 0.25) is 0 Å². The van der Waals surface area contributed by atoms with Gasteiger partial charge >= 0.3 is 0 Å². The predicted octanol–water partition coefficient (Wildman–Crippen LogP) is 6.24. The predicted molar refractivity (Wildman–Crippen MR) is 111 cm³/mol. The summed E-state index contributed by atoms with van der Waals surface area (Å²) in [5.74, 6) is 3.10. The summed E-state index contributed by atoms with van der Waals surface area (Å²) in [6, 6.07) is 5.76. The van der Waals surface area contributed by atoms with Gasteiger partial charge in [-0.2, -0.15) is 0 Å². The van der Waals surface area contributed by atoms with Crippen molar-refractivity contribution < 1.29 is 9.30 Å². The van der Waals surface area contributed by atoms with Gasteiger partial charge in [-0.05, 0) is 43.0 Å². The van der Waals surface area contributed by atoms with Crippen LogP contribution in [0.4, 0.5) is 5.69 Å². The second-order valence-corrected chi connectivity index (χ2v) is 14.0. The van der Waals surface area contributed by atoms with Gasteiger partial charge in [0.05, 0.1) is 19.1 Å². The molecular formula is C17H29N2O2PS2. The van der Waals surface area contributed by atoms with E-state index >= 15 is 0 Å². The van der Waals surface area contributed by atoms with E-state index in [1.54, 1.807) is 40.9 Å². The van der Waals surface area contributed by atoms with E-state index in [-0.39, 0.29) is 0 Å². The number of hydrogen-bond acceptors (Lipinski definition) is 5. The summed E-state index contributed by atoms with van der Waals surface area (Å²) in [4.78, 5) is 4.53. The number of methoxy groups -OCH3 is 1. The lowest BCUT2D eigenvalue weighted by molar-refractivity contribution is 0.414. The van der Waals surface area contributed by atoms with E-state index in [2.05, 4.69) is 25.8 Å². The zero-order valence-electron chi connectivity index (χ0n) is 15.5. The van der Waals surface area contributed by atoms with Crippen molar-refractivity contribution >= 4 is 40.5 Å². The Morgan fingerprint density at radius 2 is 2.08 bits per heavy atom. The molecule has 24 heavy (non-hydrogen) atoms. The van der Waals surface area contributed by atoms with Crippen molar-refractivity contribution in [1.82, 2.24) is 4.67 Å². The molecule has 0 saturated heterocycles. The molecule has 0 aromatic heterocycles. The molecule has 0 aliphatic rings. The molecule has 0 N–H and O–H groups in total. The molecule has 1 unspecified atom stereocenters. The van der Waals surface area contributed by atoms with Gasteiger partial charge in [0.2, 0.25) is 0 Å². The van der Waals surface area contributed by atoms with Gasteiger partial charge in [0.25, 0.3) is 5.70 Å². The molecule has 0 amide bonds. The number of aliphatic imine (C=N–C) groups is 1. The first-order valence-corrected chi connectivity index (χ1v) is 13.0. The topological polar surface area (TPSA) is 41.9 Å². The highest BCUT2D eigenvalue weighted by atomic mass is 33.1. The average Bonchev–Trinajstić information content (AvgIpc) is 2.56. The molecule has 0 fully saturated rings. The molecule has 0 aliphatic heterocycles. The number of benzene rings is 1. The second kappa shape index (κ2) is 10.4. The first-order valence-electron chi connectivity index (χ1n) is 8.13. The van der Waals surface area contributed by atoms with Crippen molar-refractivity contribution in [1.29, 1.82) is 0 Å². The first kappa shape index (κ1) is 21.5. The Morgan fingerprint density at radius 3 is 2.62 bits per heavy atom. The van der Waals surface area contributed by atoms with Crippen LogP contribution in [-0.2, 0) is 4.57 Å². The van der Waals surface area contributed by atoms with E-state index in [1.807, 2.05) is 32.2 Å². The molecule has 4 nitrogen and oxygen atoms in total. The quantitative estimate of drug-likeness (QED) is 0.270. The zero-order valence-corrected chi connectivity index (χ0v) is 18.0. The van der Waals surface area contributed by atoms with Crippen LogP contribution in [0.15, 0.2) is 23.2 Å². The van der Waals surface area contributed by atoms with E-state index in [0.29, 0.717) is 5.92 Å². The summed E-state index contributed by atoms with van der Waals surface area (Å²) in [6.07, 6.45) is 2.71. The monoisotopic (exact) mass is 388 g/mol. The Labute approximate surface area is 154 Å². The van der Waals surface area contributed by atoms with Crippen LogP contribution in [0.25, 0.3) is 0 Å². The van der Waals surface area contributed by atoms with Crippen molar-refractivity contribution in [3.8, 4) is 5.75 Å². The summed E-state index contributed by atoms with van der Waals surface area (Å²) in [7, 11) is 3.51. The molecule has 0 heterocycles. The largest absolute Gasteiger partial charge is 0.497 e. The fourth-order valence-electron chi connectivity index (χ4n) is 1.78. The van der Waals surface area contributed by atoms with Crippen molar-refractivity contribution in [3.05, 3.63) is 23.8 Å². The van der Waals surface area contributed by atoms with Crippen molar-refractivity contribution in [2.45, 2.75) is 34.1 Å². The standard InChI is InChI=1S/C17H29N2O2PS2/c1-7-10-23-22(20,24-12-14(2)3)19(5)13-18-17-9-8-16(21-6)11-15(17)4/h8-9,11,13-14H,7,10,12H2,1-6H3. The number of ether oxygens (including phenoxy) is 1. The normalized spacial score (nSPS) is 14.1. The lowest BCUT2D eigenvalue weighted by atomic mass is 10.2. The minimum absolute atomic E-state index is 0.514. The third-order valence-electron chi connectivity index (χ3n) is 3.18. The lowest BCUT2D eigenvalue weighted by Crippen LogP contribution is -2.10. The Balaban J connectivity index is 2.89. The third-order valence-corrected chi connectivity index (χ3v) is 12.5. The van der Waals surface area contributed by atoms with E-state index in [9.17, 15) is 4.57 Å². The summed E-state index contributed by atoms with van der Waals surface area (Å²) in [6.45, 7) is 8.40. The third kappa shape index (κ3) is 6.73. The number of aryl methyl sites for hydroxylation is 1. The fraction of sp³-hybridized carbons (Fsp3) is 0.588. The molecule has 0 saturated carbocycles. The molecule has 1 aromatic rings. The highest BCUT2D eigenvalue weighted by Crippen LogP contribution is 2.70. The van der Waals surface area contributed by atoms with E-state index in [1.165, 1.54) is 0 Å². The lowest BCUT2D eigenvalue weighted by Gasteiger charge is -2.25. The molecular weight excluding hydrogens is 359 g/mol. The van der Waals surface area contributed by atoms with Gasteiger partial charge in [0.1, 0.15) is 5.75 Å². The second-order valence-electron chi connectivity index (χ2n) is 5.96. The number of hydrogen-bond donors (Lipinski definition) is 0. The van der Waals surface area contributed by atoms with E-state index < -0.39 is 5.70 Å². The van der Waals surface area contributed by atoms with Crippen LogP contribution >= 0.6 is 28.5 Å². The Hall–Kier alpha value is -0.580. The highest BCUT2D eigenvalue weighted by Gasteiger charge is 2.27.